The fourth-order valence-corrected chi connectivity index (χ4v) is 1.78. The van der Waals surface area contributed by atoms with Gasteiger partial charge in [0.25, 0.3) is 0 Å². The van der Waals surface area contributed by atoms with Crippen molar-refractivity contribution in [3.63, 3.8) is 0 Å². The summed E-state index contributed by atoms with van der Waals surface area (Å²) in [7, 11) is 0. The van der Waals surface area contributed by atoms with Crippen LogP contribution in [0, 0.1) is 5.41 Å². The summed E-state index contributed by atoms with van der Waals surface area (Å²) in [6.07, 6.45) is 5.59. The van der Waals surface area contributed by atoms with Crippen LogP contribution in [0.15, 0.2) is 4.99 Å². The van der Waals surface area contributed by atoms with Gasteiger partial charge in [-0.15, -0.1) is 0 Å². The van der Waals surface area contributed by atoms with E-state index in [0.29, 0.717) is 5.41 Å². The maximum atomic E-state index is 4.46. The van der Waals surface area contributed by atoms with Crippen molar-refractivity contribution >= 4 is 5.71 Å². The molecule has 0 N–H and O–H groups in total. The molecule has 1 nitrogen and oxygen atoms in total. The Hall–Kier alpha value is -0.330. The molecule has 1 aliphatic heterocycles. The third-order valence-corrected chi connectivity index (χ3v) is 2.78. The summed E-state index contributed by atoms with van der Waals surface area (Å²) in [5, 5.41) is 0. The molecule has 2 rings (SSSR count). The van der Waals surface area contributed by atoms with E-state index < -0.39 is 0 Å². The Kier molecular flexibility index (Phi) is 0.961. The van der Waals surface area contributed by atoms with Gasteiger partial charge in [0.1, 0.15) is 0 Å². The first kappa shape index (κ1) is 5.45. The van der Waals surface area contributed by atoms with Gasteiger partial charge < -0.3 is 0 Å². The normalized spacial score (nSPS) is 30.1. The van der Waals surface area contributed by atoms with Gasteiger partial charge in [-0.2, -0.15) is 0 Å². The van der Waals surface area contributed by atoms with Gasteiger partial charge >= 0.3 is 0 Å². The smallest absolute Gasteiger partial charge is 0.0389 e. The molecule has 0 unspecified atom stereocenters. The van der Waals surface area contributed by atoms with E-state index in [1.54, 1.807) is 0 Å². The Labute approximate surface area is 56.2 Å². The number of aliphatic imine (C=N–C) groups is 1. The zero-order chi connectivity index (χ0) is 6.32. The third-order valence-electron chi connectivity index (χ3n) is 2.78. The summed E-state index contributed by atoms with van der Waals surface area (Å²) < 4.78 is 0. The standard InChI is InChI=1S/C8H13N/c1-7-8(4-5-8)3-2-6-9-7/h2-6H2,1H3. The van der Waals surface area contributed by atoms with Crippen LogP contribution in [0.4, 0.5) is 0 Å². The van der Waals surface area contributed by atoms with E-state index in [4.69, 9.17) is 0 Å². The molecule has 0 radical (unpaired) electrons. The van der Waals surface area contributed by atoms with Crippen molar-refractivity contribution < 1.29 is 0 Å². The third kappa shape index (κ3) is 0.707. The lowest BCUT2D eigenvalue weighted by Gasteiger charge is -2.18. The van der Waals surface area contributed by atoms with Crippen molar-refractivity contribution in [1.29, 1.82) is 0 Å². The summed E-state index contributed by atoms with van der Waals surface area (Å²) in [5.41, 5.74) is 2.08. The van der Waals surface area contributed by atoms with E-state index in [1.165, 1.54) is 31.4 Å². The van der Waals surface area contributed by atoms with Crippen molar-refractivity contribution in [2.45, 2.75) is 32.6 Å². The summed E-state index contributed by atoms with van der Waals surface area (Å²) in [5.74, 6) is 0. The van der Waals surface area contributed by atoms with Crippen molar-refractivity contribution in [2.24, 2.45) is 10.4 Å². The van der Waals surface area contributed by atoms with Gasteiger partial charge in [0, 0.05) is 17.7 Å². The van der Waals surface area contributed by atoms with Crippen molar-refractivity contribution in [3.8, 4) is 0 Å². The Morgan fingerprint density at radius 2 is 2.11 bits per heavy atom. The lowest BCUT2D eigenvalue weighted by molar-refractivity contribution is 0.557. The molecule has 1 spiro atoms. The molecule has 1 saturated carbocycles. The zero-order valence-corrected chi connectivity index (χ0v) is 5.98. The average molecular weight is 123 g/mol. The van der Waals surface area contributed by atoms with Gasteiger partial charge in [-0.05, 0) is 32.6 Å². The first-order valence-corrected chi connectivity index (χ1v) is 3.85. The van der Waals surface area contributed by atoms with Crippen molar-refractivity contribution in [3.05, 3.63) is 0 Å². The van der Waals surface area contributed by atoms with E-state index in [2.05, 4.69) is 11.9 Å². The van der Waals surface area contributed by atoms with Crippen molar-refractivity contribution in [2.75, 3.05) is 6.54 Å². The number of hydrogen-bond acceptors (Lipinski definition) is 1. The SMILES string of the molecule is CC1=NCCCC12CC2. The summed E-state index contributed by atoms with van der Waals surface area (Å²) in [6, 6.07) is 0. The molecule has 50 valence electrons. The molecular weight excluding hydrogens is 110 g/mol. The Balaban J connectivity index is 2.22. The second-order valence-electron chi connectivity index (χ2n) is 3.35. The van der Waals surface area contributed by atoms with Crippen LogP contribution >= 0.6 is 0 Å². The van der Waals surface area contributed by atoms with Gasteiger partial charge in [-0.3, -0.25) is 4.99 Å². The van der Waals surface area contributed by atoms with Crippen LogP contribution in [0.2, 0.25) is 0 Å². The van der Waals surface area contributed by atoms with Gasteiger partial charge in [0.2, 0.25) is 0 Å². The van der Waals surface area contributed by atoms with Crippen LogP contribution in [-0.2, 0) is 0 Å². The number of nitrogens with zero attached hydrogens (tertiary/aromatic N) is 1. The van der Waals surface area contributed by atoms with E-state index in [1.807, 2.05) is 0 Å². The number of rotatable bonds is 0. The Bertz CT molecular complexity index is 154. The zero-order valence-electron chi connectivity index (χ0n) is 5.98. The van der Waals surface area contributed by atoms with E-state index in [0.717, 1.165) is 6.54 Å². The maximum Gasteiger partial charge on any atom is 0.0389 e. The van der Waals surface area contributed by atoms with Crippen molar-refractivity contribution in [1.82, 2.24) is 0 Å². The van der Waals surface area contributed by atoms with E-state index >= 15 is 0 Å². The number of hydrogen-bond donors (Lipinski definition) is 0. The minimum absolute atomic E-state index is 0.637. The van der Waals surface area contributed by atoms with Crippen LogP contribution in [0.25, 0.3) is 0 Å². The molecule has 1 heteroatoms. The quantitative estimate of drug-likeness (QED) is 0.467. The molecule has 0 atom stereocenters. The highest BCUT2D eigenvalue weighted by atomic mass is 14.8. The van der Waals surface area contributed by atoms with Crippen LogP contribution in [-0.4, -0.2) is 12.3 Å². The highest BCUT2D eigenvalue weighted by Gasteiger charge is 2.45. The maximum absolute atomic E-state index is 4.46. The fourth-order valence-electron chi connectivity index (χ4n) is 1.78. The Morgan fingerprint density at radius 1 is 1.33 bits per heavy atom. The summed E-state index contributed by atoms with van der Waals surface area (Å²) in [4.78, 5) is 4.46. The molecule has 0 saturated heterocycles. The predicted molar refractivity (Wildman–Crippen MR) is 38.9 cm³/mol. The highest BCUT2D eigenvalue weighted by Crippen LogP contribution is 2.52. The molecule has 2 aliphatic rings. The molecule has 1 aliphatic carbocycles. The lowest BCUT2D eigenvalue weighted by atomic mass is 9.93. The van der Waals surface area contributed by atoms with Gasteiger partial charge in [-0.1, -0.05) is 0 Å². The molecule has 1 heterocycles. The van der Waals surface area contributed by atoms with Gasteiger partial charge in [0.05, 0.1) is 0 Å². The second kappa shape index (κ2) is 1.59. The monoisotopic (exact) mass is 123 g/mol. The highest BCUT2D eigenvalue weighted by molar-refractivity contribution is 5.90. The molecular formula is C8H13N. The predicted octanol–water partition coefficient (Wildman–Crippen LogP) is 2.02. The first-order valence-electron chi connectivity index (χ1n) is 3.85. The summed E-state index contributed by atoms with van der Waals surface area (Å²) >= 11 is 0. The minimum Gasteiger partial charge on any atom is -0.294 e. The molecule has 0 amide bonds. The lowest BCUT2D eigenvalue weighted by Crippen LogP contribution is -2.17. The molecule has 0 aromatic rings. The molecule has 0 aromatic heterocycles. The van der Waals surface area contributed by atoms with Crippen LogP contribution in [0.1, 0.15) is 32.6 Å². The van der Waals surface area contributed by atoms with E-state index in [9.17, 15) is 0 Å². The first-order chi connectivity index (χ1) is 4.33. The van der Waals surface area contributed by atoms with Gasteiger partial charge in [-0.25, -0.2) is 0 Å². The minimum atomic E-state index is 0.637. The molecule has 1 fully saturated rings. The second-order valence-corrected chi connectivity index (χ2v) is 3.35. The molecule has 9 heavy (non-hydrogen) atoms. The topological polar surface area (TPSA) is 12.4 Å². The molecule has 0 bridgehead atoms. The molecule has 0 aromatic carbocycles. The van der Waals surface area contributed by atoms with Crippen LogP contribution in [0.3, 0.4) is 0 Å². The van der Waals surface area contributed by atoms with Crippen LogP contribution < -0.4 is 0 Å². The summed E-state index contributed by atoms with van der Waals surface area (Å²) in [6.45, 7) is 3.29. The van der Waals surface area contributed by atoms with E-state index in [-0.39, 0.29) is 0 Å². The van der Waals surface area contributed by atoms with Crippen LogP contribution in [0.5, 0.6) is 0 Å². The Morgan fingerprint density at radius 3 is 2.56 bits per heavy atom. The fraction of sp³-hybridized carbons (Fsp3) is 0.875. The largest absolute Gasteiger partial charge is 0.294 e. The average Bonchev–Trinajstić information content (AvgIpc) is 2.60. The van der Waals surface area contributed by atoms with Gasteiger partial charge in [0.15, 0.2) is 0 Å².